The predicted octanol–water partition coefficient (Wildman–Crippen LogP) is 5.30. The van der Waals surface area contributed by atoms with E-state index in [0.29, 0.717) is 6.07 Å². The number of piperidine rings is 1. The highest BCUT2D eigenvalue weighted by atomic mass is 19.4. The summed E-state index contributed by atoms with van der Waals surface area (Å²) < 4.78 is 150. The van der Waals surface area contributed by atoms with E-state index in [9.17, 15) is 22.0 Å². The average molecular weight is 433 g/mol. The first kappa shape index (κ1) is 11.3. The van der Waals surface area contributed by atoms with Crippen molar-refractivity contribution in [2.75, 3.05) is 23.2 Å². The number of halogens is 5. The molecule has 30 heavy (non-hydrogen) atoms. The number of anilines is 3. The first-order chi connectivity index (χ1) is 18.1. The molecule has 1 aromatic heterocycles. The molecule has 0 bridgehead atoms. The fourth-order valence-corrected chi connectivity index (χ4v) is 2.53. The second-order valence-corrected chi connectivity index (χ2v) is 5.94. The number of hydrogen-bond donors (Lipinski definition) is 1. The number of benzene rings is 2. The molecule has 0 radical (unpaired) electrons. The maximum atomic E-state index is 13.8. The lowest BCUT2D eigenvalue weighted by Crippen LogP contribution is -2.29. The van der Waals surface area contributed by atoms with Crippen LogP contribution in [0.5, 0.6) is 0 Å². The largest absolute Gasteiger partial charge is 0.416 e. The minimum Gasteiger partial charge on any atom is -0.371 e. The first-order valence-electron chi connectivity index (χ1n) is 13.2. The minimum atomic E-state index is -5.10. The third-order valence-corrected chi connectivity index (χ3v) is 3.88. The first-order valence-corrected chi connectivity index (χ1v) is 8.22. The Bertz CT molecular complexity index is 1430. The van der Waals surface area contributed by atoms with Crippen molar-refractivity contribution in [1.82, 2.24) is 14.8 Å². The van der Waals surface area contributed by atoms with Crippen molar-refractivity contribution in [3.8, 4) is 5.69 Å². The number of nitrogens with zero attached hydrogens (tertiary/aromatic N) is 4. The Balaban J connectivity index is 1.83. The molecule has 1 N–H and O–H groups in total. The zero-order valence-corrected chi connectivity index (χ0v) is 14.7. The Morgan fingerprint density at radius 1 is 0.933 bits per heavy atom. The lowest BCUT2D eigenvalue weighted by molar-refractivity contribution is -0.137. The van der Waals surface area contributed by atoms with Gasteiger partial charge in [0.2, 0.25) is 5.95 Å². The van der Waals surface area contributed by atoms with Gasteiger partial charge in [-0.2, -0.15) is 18.2 Å². The van der Waals surface area contributed by atoms with Crippen LogP contribution in [0.2, 0.25) is 0 Å². The van der Waals surface area contributed by atoms with Crippen molar-refractivity contribution >= 4 is 17.3 Å². The molecule has 4 rings (SSSR count). The molecule has 1 fully saturated rings. The van der Waals surface area contributed by atoms with Gasteiger partial charge in [0, 0.05) is 44.1 Å². The van der Waals surface area contributed by atoms with Crippen LogP contribution in [-0.2, 0) is 6.18 Å². The quantitative estimate of drug-likeness (QED) is 0.568. The highest BCUT2D eigenvalue weighted by molar-refractivity contribution is 5.64. The van der Waals surface area contributed by atoms with Gasteiger partial charge in [0.1, 0.15) is 6.33 Å². The van der Waals surface area contributed by atoms with E-state index < -0.39 is 66.9 Å². The van der Waals surface area contributed by atoms with Gasteiger partial charge in [-0.05, 0) is 49.5 Å². The minimum absolute atomic E-state index is 0.00220. The summed E-state index contributed by atoms with van der Waals surface area (Å²) in [5.74, 6) is -2.74. The summed E-state index contributed by atoms with van der Waals surface area (Å²) in [6.45, 7) is -7.42. The predicted molar refractivity (Wildman–Crippen MR) is 102 cm³/mol. The Morgan fingerprint density at radius 3 is 2.40 bits per heavy atom. The van der Waals surface area contributed by atoms with Gasteiger partial charge in [-0.3, -0.25) is 0 Å². The smallest absolute Gasteiger partial charge is 0.371 e. The van der Waals surface area contributed by atoms with E-state index in [-0.39, 0.29) is 22.6 Å². The molecular formula is C20H18F5N5. The van der Waals surface area contributed by atoms with Crippen molar-refractivity contribution in [2.45, 2.75) is 25.3 Å². The van der Waals surface area contributed by atoms with E-state index in [4.69, 9.17) is 13.7 Å². The fraction of sp³-hybridized carbons (Fsp3) is 0.300. The van der Waals surface area contributed by atoms with E-state index in [1.165, 1.54) is 0 Å². The molecule has 5 nitrogen and oxygen atoms in total. The molecule has 2 aromatic carbocycles. The number of rotatable bonds is 4. The molecule has 0 saturated carbocycles. The number of nitrogens with one attached hydrogen (secondary N) is 1. The molecule has 1 saturated heterocycles. The van der Waals surface area contributed by atoms with Gasteiger partial charge in [-0.15, -0.1) is 5.10 Å². The number of hydrogen-bond acceptors (Lipinski definition) is 4. The van der Waals surface area contributed by atoms with E-state index in [2.05, 4.69) is 15.4 Å². The number of aromatic nitrogens is 3. The van der Waals surface area contributed by atoms with Crippen molar-refractivity contribution in [3.63, 3.8) is 0 Å². The summed E-state index contributed by atoms with van der Waals surface area (Å²) in [4.78, 5) is 3.61. The second-order valence-electron chi connectivity index (χ2n) is 5.94. The highest BCUT2D eigenvalue weighted by Gasteiger charge is 2.32. The molecule has 0 atom stereocenters. The fourth-order valence-electron chi connectivity index (χ4n) is 2.53. The van der Waals surface area contributed by atoms with Crippen molar-refractivity contribution in [3.05, 3.63) is 59.9 Å². The summed E-state index contributed by atoms with van der Waals surface area (Å²) in [5.41, 5.74) is -2.98. The van der Waals surface area contributed by atoms with Crippen LogP contribution in [0.4, 0.5) is 39.3 Å². The maximum Gasteiger partial charge on any atom is 0.416 e. The van der Waals surface area contributed by atoms with E-state index in [1.807, 2.05) is 0 Å². The average Bonchev–Trinajstić information content (AvgIpc) is 3.27. The third-order valence-electron chi connectivity index (χ3n) is 3.88. The van der Waals surface area contributed by atoms with Crippen LogP contribution in [0.15, 0.2) is 42.7 Å². The van der Waals surface area contributed by atoms with E-state index in [0.717, 1.165) is 35.3 Å². The SMILES string of the molecule is [2H]C1([2H])N(c2cc(Nc3ncn(-c4ccc(F)c(F)c4)n3)cc(C(F)(F)F)c2)C([2H])([2H])C([2H])([2H])C([2H])([2H])C1([2H])[2H]. The topological polar surface area (TPSA) is 46.0 Å². The van der Waals surface area contributed by atoms with Crippen LogP contribution in [0.3, 0.4) is 0 Å². The molecule has 1 aliphatic rings. The van der Waals surface area contributed by atoms with Gasteiger partial charge < -0.3 is 10.2 Å². The summed E-state index contributed by atoms with van der Waals surface area (Å²) in [5, 5.41) is 6.28. The molecule has 0 unspecified atom stereocenters. The maximum absolute atomic E-state index is 13.8. The van der Waals surface area contributed by atoms with Crippen molar-refractivity contribution in [1.29, 1.82) is 0 Å². The van der Waals surface area contributed by atoms with Crippen LogP contribution >= 0.6 is 0 Å². The van der Waals surface area contributed by atoms with Crippen LogP contribution in [-0.4, -0.2) is 27.8 Å². The molecule has 2 heterocycles. The molecule has 1 aliphatic heterocycles. The summed E-state index contributed by atoms with van der Waals surface area (Å²) in [6, 6.07) is 4.24. The van der Waals surface area contributed by atoms with Crippen molar-refractivity contribution < 1.29 is 35.7 Å². The molecule has 0 amide bonds. The highest BCUT2D eigenvalue weighted by Crippen LogP contribution is 2.35. The van der Waals surface area contributed by atoms with Gasteiger partial charge >= 0.3 is 6.18 Å². The summed E-state index contributed by atoms with van der Waals surface area (Å²) in [7, 11) is 0. The van der Waals surface area contributed by atoms with Crippen LogP contribution in [0.25, 0.3) is 5.69 Å². The summed E-state index contributed by atoms with van der Waals surface area (Å²) >= 11 is 0. The molecule has 0 spiro atoms. The van der Waals surface area contributed by atoms with Gasteiger partial charge in [0.05, 0.1) is 11.3 Å². The van der Waals surface area contributed by atoms with Gasteiger partial charge in [0.25, 0.3) is 0 Å². The lowest BCUT2D eigenvalue weighted by atomic mass is 10.1. The Labute approximate surface area is 183 Å². The van der Waals surface area contributed by atoms with Gasteiger partial charge in [-0.25, -0.2) is 13.5 Å². The Morgan fingerprint density at radius 2 is 1.70 bits per heavy atom. The monoisotopic (exact) mass is 433 g/mol. The van der Waals surface area contributed by atoms with Crippen LogP contribution in [0, 0.1) is 11.6 Å². The van der Waals surface area contributed by atoms with E-state index in [1.54, 1.807) is 0 Å². The molecule has 3 aromatic rings. The summed E-state index contributed by atoms with van der Waals surface area (Å²) in [6.07, 6.45) is -15.4. The van der Waals surface area contributed by atoms with E-state index >= 15 is 0 Å². The molecule has 158 valence electrons. The van der Waals surface area contributed by atoms with Crippen LogP contribution in [0.1, 0.15) is 38.4 Å². The van der Waals surface area contributed by atoms with Gasteiger partial charge in [0.15, 0.2) is 11.6 Å². The second kappa shape index (κ2) is 7.92. The van der Waals surface area contributed by atoms with Crippen molar-refractivity contribution in [2.24, 2.45) is 0 Å². The Hall–Kier alpha value is -3.17. The standard InChI is InChI=1S/C20H18F5N5/c21-17-5-4-15(11-18(17)22)30-12-26-19(28-30)27-14-8-13(20(23,24)25)9-16(10-14)29-6-2-1-3-7-29/h4-5,8-12H,1-3,6-7H2,(H,27,28)/i1D2,2D2,3D2,6D2,7D2. The zero-order chi connectivity index (χ0) is 30.3. The molecular weight excluding hydrogens is 405 g/mol. The number of alkyl halides is 3. The van der Waals surface area contributed by atoms with Gasteiger partial charge in [-0.1, -0.05) is 0 Å². The third kappa shape index (κ3) is 4.37. The molecule has 0 aliphatic carbocycles. The van der Waals surface area contributed by atoms with Crippen LogP contribution < -0.4 is 10.2 Å². The Kier molecular flexibility index (Phi) is 2.98. The zero-order valence-electron chi connectivity index (χ0n) is 24.7. The lowest BCUT2D eigenvalue weighted by Gasteiger charge is -2.29. The normalized spacial score (nSPS) is 28.1. The molecule has 10 heteroatoms.